The molecule has 0 saturated carbocycles. The van der Waals surface area contributed by atoms with Crippen LogP contribution in [-0.2, 0) is 9.53 Å². The zero-order chi connectivity index (χ0) is 17.6. The molecule has 1 unspecified atom stereocenters. The quantitative estimate of drug-likeness (QED) is 0.904. The van der Waals surface area contributed by atoms with Crippen LogP contribution in [0.1, 0.15) is 12.0 Å². The second kappa shape index (κ2) is 7.69. The van der Waals surface area contributed by atoms with Gasteiger partial charge >= 0.3 is 0 Å². The van der Waals surface area contributed by atoms with E-state index in [4.69, 9.17) is 19.5 Å². The van der Waals surface area contributed by atoms with Crippen molar-refractivity contribution < 1.29 is 19.0 Å². The predicted molar refractivity (Wildman–Crippen MR) is 91.8 cm³/mol. The van der Waals surface area contributed by atoms with Crippen LogP contribution in [0, 0.1) is 17.2 Å². The van der Waals surface area contributed by atoms with Gasteiger partial charge in [0.2, 0.25) is 5.91 Å². The standard InChI is InChI=1S/C19H18N2O4/c1-23-18-10-13(11-20)2-7-17(18)25-16-5-3-15(4-6-16)21-19(22)14-8-9-24-12-14/h2-7,10,14H,8-9,12H2,1H3,(H,21,22). The molecule has 0 radical (unpaired) electrons. The molecule has 1 atom stereocenters. The van der Waals surface area contributed by atoms with Crippen LogP contribution < -0.4 is 14.8 Å². The summed E-state index contributed by atoms with van der Waals surface area (Å²) in [5.41, 5.74) is 1.20. The zero-order valence-electron chi connectivity index (χ0n) is 13.8. The van der Waals surface area contributed by atoms with Gasteiger partial charge in [-0.3, -0.25) is 4.79 Å². The van der Waals surface area contributed by atoms with E-state index in [0.29, 0.717) is 41.7 Å². The third-order valence-electron chi connectivity index (χ3n) is 3.94. The van der Waals surface area contributed by atoms with Crippen LogP contribution in [0.3, 0.4) is 0 Å². The van der Waals surface area contributed by atoms with E-state index in [0.717, 1.165) is 6.42 Å². The largest absolute Gasteiger partial charge is 0.493 e. The van der Waals surface area contributed by atoms with E-state index in [9.17, 15) is 4.79 Å². The molecular formula is C19H18N2O4. The first-order valence-electron chi connectivity index (χ1n) is 7.94. The first kappa shape index (κ1) is 16.8. The molecule has 1 fully saturated rings. The van der Waals surface area contributed by atoms with E-state index in [1.807, 2.05) is 0 Å². The minimum Gasteiger partial charge on any atom is -0.493 e. The molecule has 2 aromatic carbocycles. The number of hydrogen-bond acceptors (Lipinski definition) is 5. The molecule has 1 aliphatic rings. The maximum absolute atomic E-state index is 12.1. The Morgan fingerprint density at radius 1 is 1.24 bits per heavy atom. The normalized spacial score (nSPS) is 16.1. The molecule has 1 heterocycles. The fourth-order valence-corrected chi connectivity index (χ4v) is 2.54. The third kappa shape index (κ3) is 4.08. The van der Waals surface area contributed by atoms with E-state index >= 15 is 0 Å². The maximum atomic E-state index is 12.1. The van der Waals surface area contributed by atoms with E-state index < -0.39 is 0 Å². The number of carbonyl (C=O) groups excluding carboxylic acids is 1. The Morgan fingerprint density at radius 2 is 2.04 bits per heavy atom. The lowest BCUT2D eigenvalue weighted by Gasteiger charge is -2.12. The molecule has 6 nitrogen and oxygen atoms in total. The van der Waals surface area contributed by atoms with Crippen molar-refractivity contribution in [2.45, 2.75) is 6.42 Å². The van der Waals surface area contributed by atoms with Crippen LogP contribution in [0.2, 0.25) is 0 Å². The summed E-state index contributed by atoms with van der Waals surface area (Å²) in [6, 6.07) is 14.1. The van der Waals surface area contributed by atoms with Crippen LogP contribution in [0.4, 0.5) is 5.69 Å². The van der Waals surface area contributed by atoms with Crippen molar-refractivity contribution in [1.82, 2.24) is 0 Å². The summed E-state index contributed by atoms with van der Waals surface area (Å²) < 4.78 is 16.3. The van der Waals surface area contributed by atoms with Crippen LogP contribution in [0.15, 0.2) is 42.5 Å². The molecule has 1 N–H and O–H groups in total. The average molecular weight is 338 g/mol. The third-order valence-corrected chi connectivity index (χ3v) is 3.94. The number of nitrogens with one attached hydrogen (secondary N) is 1. The second-order valence-corrected chi connectivity index (χ2v) is 5.65. The summed E-state index contributed by atoms with van der Waals surface area (Å²) in [5, 5.41) is 11.8. The summed E-state index contributed by atoms with van der Waals surface area (Å²) in [4.78, 5) is 12.1. The summed E-state index contributed by atoms with van der Waals surface area (Å²) >= 11 is 0. The van der Waals surface area contributed by atoms with Crippen LogP contribution in [-0.4, -0.2) is 26.2 Å². The molecule has 1 amide bonds. The van der Waals surface area contributed by atoms with Crippen molar-refractivity contribution in [3.63, 3.8) is 0 Å². The average Bonchev–Trinajstić information content (AvgIpc) is 3.18. The fourth-order valence-electron chi connectivity index (χ4n) is 2.54. The zero-order valence-corrected chi connectivity index (χ0v) is 13.8. The molecule has 0 aliphatic carbocycles. The minimum atomic E-state index is -0.0844. The summed E-state index contributed by atoms with van der Waals surface area (Å²) in [7, 11) is 1.52. The Hall–Kier alpha value is -3.04. The number of hydrogen-bond donors (Lipinski definition) is 1. The van der Waals surface area contributed by atoms with Gasteiger partial charge in [0, 0.05) is 18.4 Å². The van der Waals surface area contributed by atoms with Gasteiger partial charge in [-0.05, 0) is 42.8 Å². The fraction of sp³-hybridized carbons (Fsp3) is 0.263. The van der Waals surface area contributed by atoms with Gasteiger partial charge in [0.1, 0.15) is 5.75 Å². The van der Waals surface area contributed by atoms with Crippen molar-refractivity contribution in [2.75, 3.05) is 25.6 Å². The van der Waals surface area contributed by atoms with Crippen molar-refractivity contribution in [1.29, 1.82) is 5.26 Å². The number of nitriles is 1. The SMILES string of the molecule is COc1cc(C#N)ccc1Oc1ccc(NC(=O)C2CCOC2)cc1. The Labute approximate surface area is 145 Å². The van der Waals surface area contributed by atoms with Gasteiger partial charge in [0.05, 0.1) is 31.3 Å². The first-order valence-corrected chi connectivity index (χ1v) is 7.94. The first-order chi connectivity index (χ1) is 12.2. The van der Waals surface area contributed by atoms with E-state index in [1.165, 1.54) is 7.11 Å². The Balaban J connectivity index is 1.66. The Morgan fingerprint density at radius 3 is 2.68 bits per heavy atom. The number of nitrogens with zero attached hydrogens (tertiary/aromatic N) is 1. The van der Waals surface area contributed by atoms with E-state index in [2.05, 4.69) is 11.4 Å². The molecule has 0 spiro atoms. The number of benzene rings is 2. The lowest BCUT2D eigenvalue weighted by atomic mass is 10.1. The number of rotatable bonds is 5. The smallest absolute Gasteiger partial charge is 0.229 e. The molecule has 25 heavy (non-hydrogen) atoms. The minimum absolute atomic E-state index is 0.0278. The number of carbonyl (C=O) groups is 1. The highest BCUT2D eigenvalue weighted by Gasteiger charge is 2.23. The highest BCUT2D eigenvalue weighted by Crippen LogP contribution is 2.32. The summed E-state index contributed by atoms with van der Waals surface area (Å²) in [6.45, 7) is 1.11. The van der Waals surface area contributed by atoms with Crippen molar-refractivity contribution in [2.24, 2.45) is 5.92 Å². The number of amides is 1. The molecule has 6 heteroatoms. The summed E-state index contributed by atoms with van der Waals surface area (Å²) in [6.07, 6.45) is 0.755. The van der Waals surface area contributed by atoms with Gasteiger partial charge in [-0.2, -0.15) is 5.26 Å². The molecule has 128 valence electrons. The van der Waals surface area contributed by atoms with E-state index in [-0.39, 0.29) is 11.8 Å². The second-order valence-electron chi connectivity index (χ2n) is 5.65. The Kier molecular flexibility index (Phi) is 5.17. The van der Waals surface area contributed by atoms with Gasteiger partial charge in [0.15, 0.2) is 11.5 Å². The molecule has 0 aromatic heterocycles. The number of methoxy groups -OCH3 is 1. The topological polar surface area (TPSA) is 80.6 Å². The predicted octanol–water partition coefficient (Wildman–Crippen LogP) is 3.33. The lowest BCUT2D eigenvalue weighted by Crippen LogP contribution is -2.22. The van der Waals surface area contributed by atoms with E-state index in [1.54, 1.807) is 42.5 Å². The van der Waals surface area contributed by atoms with Crippen LogP contribution in [0.5, 0.6) is 17.2 Å². The van der Waals surface area contributed by atoms with Crippen molar-refractivity contribution in [3.05, 3.63) is 48.0 Å². The lowest BCUT2D eigenvalue weighted by molar-refractivity contribution is -0.119. The van der Waals surface area contributed by atoms with Gasteiger partial charge < -0.3 is 19.5 Å². The van der Waals surface area contributed by atoms with Gasteiger partial charge in [-0.25, -0.2) is 0 Å². The number of ether oxygens (including phenoxy) is 3. The van der Waals surface area contributed by atoms with Crippen LogP contribution in [0.25, 0.3) is 0 Å². The highest BCUT2D eigenvalue weighted by atomic mass is 16.5. The van der Waals surface area contributed by atoms with Crippen molar-refractivity contribution >= 4 is 11.6 Å². The van der Waals surface area contributed by atoms with Gasteiger partial charge in [-0.1, -0.05) is 0 Å². The van der Waals surface area contributed by atoms with Crippen LogP contribution >= 0.6 is 0 Å². The molecule has 1 aliphatic heterocycles. The maximum Gasteiger partial charge on any atom is 0.229 e. The summed E-state index contributed by atoms with van der Waals surface area (Å²) in [5.74, 6) is 1.49. The molecule has 3 rings (SSSR count). The molecule has 0 bridgehead atoms. The van der Waals surface area contributed by atoms with Gasteiger partial charge in [-0.15, -0.1) is 0 Å². The molecular weight excluding hydrogens is 320 g/mol. The van der Waals surface area contributed by atoms with Crippen molar-refractivity contribution in [3.8, 4) is 23.3 Å². The highest BCUT2D eigenvalue weighted by molar-refractivity contribution is 5.92. The molecule has 1 saturated heterocycles. The number of anilines is 1. The van der Waals surface area contributed by atoms with Gasteiger partial charge in [0.25, 0.3) is 0 Å². The Bertz CT molecular complexity index is 790. The molecule has 2 aromatic rings. The monoisotopic (exact) mass is 338 g/mol.